The van der Waals surface area contributed by atoms with E-state index in [4.69, 9.17) is 0 Å². The largest absolute Gasteiger partial charge is 0.481 e. The van der Waals surface area contributed by atoms with E-state index in [1.807, 2.05) is 84.9 Å². The molecule has 0 spiro atoms. The summed E-state index contributed by atoms with van der Waals surface area (Å²) in [5.41, 5.74) is 2.91. The number of hydrogen-bond acceptors (Lipinski definition) is 5. The van der Waals surface area contributed by atoms with Crippen LogP contribution in [0.4, 0.5) is 17.2 Å². The fourth-order valence-electron chi connectivity index (χ4n) is 3.36. The summed E-state index contributed by atoms with van der Waals surface area (Å²) in [6, 6.07) is 29.8. The van der Waals surface area contributed by atoms with Crippen LogP contribution in [-0.4, -0.2) is 22.0 Å². The second-order valence-corrected chi connectivity index (χ2v) is 8.79. The Morgan fingerprint density at radius 1 is 0.853 bits per heavy atom. The molecule has 1 aromatic heterocycles. The molecular formula is C27H23N3O3S. The summed E-state index contributed by atoms with van der Waals surface area (Å²) in [5.74, 6) is -0.368. The molecule has 0 aliphatic rings. The minimum atomic E-state index is -0.843. The highest BCUT2D eigenvalue weighted by Gasteiger charge is 2.17. The zero-order chi connectivity index (χ0) is 23.8. The first kappa shape index (κ1) is 23.1. The number of nitrogens with one attached hydrogen (secondary N) is 2. The van der Waals surface area contributed by atoms with Crippen LogP contribution in [0.3, 0.4) is 0 Å². The molecule has 3 aromatic carbocycles. The minimum Gasteiger partial charge on any atom is -0.481 e. The lowest BCUT2D eigenvalue weighted by molar-refractivity contribution is -0.137. The molecule has 1 unspecified atom stereocenters. The number of nitrogens with zero attached hydrogens (tertiary/aromatic N) is 1. The van der Waals surface area contributed by atoms with Crippen LogP contribution in [0.1, 0.15) is 27.6 Å². The number of amides is 1. The molecule has 170 valence electrons. The third kappa shape index (κ3) is 6.46. The lowest BCUT2D eigenvalue weighted by Crippen LogP contribution is -2.12. The van der Waals surface area contributed by atoms with Gasteiger partial charge in [0.1, 0.15) is 5.82 Å². The summed E-state index contributed by atoms with van der Waals surface area (Å²) >= 11 is 1.49. The van der Waals surface area contributed by atoms with Gasteiger partial charge in [-0.05, 0) is 60.2 Å². The Morgan fingerprint density at radius 2 is 1.62 bits per heavy atom. The lowest BCUT2D eigenvalue weighted by atomic mass is 10.1. The Labute approximate surface area is 202 Å². The molecule has 0 saturated carbocycles. The van der Waals surface area contributed by atoms with E-state index in [-0.39, 0.29) is 17.6 Å². The van der Waals surface area contributed by atoms with Gasteiger partial charge in [0, 0.05) is 33.3 Å². The van der Waals surface area contributed by atoms with Crippen LogP contribution >= 0.6 is 11.8 Å². The normalized spacial score (nSPS) is 11.4. The number of carbonyl (C=O) groups is 2. The Bertz CT molecular complexity index is 1250. The van der Waals surface area contributed by atoms with E-state index in [2.05, 4.69) is 15.6 Å². The molecule has 1 atom stereocenters. The topological polar surface area (TPSA) is 91.3 Å². The van der Waals surface area contributed by atoms with Gasteiger partial charge in [-0.3, -0.25) is 9.59 Å². The van der Waals surface area contributed by atoms with Crippen molar-refractivity contribution in [1.29, 1.82) is 0 Å². The second-order valence-electron chi connectivity index (χ2n) is 7.51. The van der Waals surface area contributed by atoms with Crippen LogP contribution < -0.4 is 10.6 Å². The summed E-state index contributed by atoms with van der Waals surface area (Å²) in [5, 5.41) is 15.2. The van der Waals surface area contributed by atoms with Gasteiger partial charge >= 0.3 is 5.97 Å². The van der Waals surface area contributed by atoms with Crippen molar-refractivity contribution in [1.82, 2.24) is 4.98 Å². The number of benzene rings is 3. The van der Waals surface area contributed by atoms with Gasteiger partial charge in [0.25, 0.3) is 5.91 Å². The predicted molar refractivity (Wildman–Crippen MR) is 136 cm³/mol. The number of rotatable bonds is 9. The molecule has 34 heavy (non-hydrogen) atoms. The van der Waals surface area contributed by atoms with Crippen LogP contribution in [0.15, 0.2) is 108 Å². The first-order valence-electron chi connectivity index (χ1n) is 10.7. The van der Waals surface area contributed by atoms with Crippen LogP contribution in [0.25, 0.3) is 0 Å². The van der Waals surface area contributed by atoms with Gasteiger partial charge in [-0.1, -0.05) is 42.5 Å². The number of carboxylic acids is 1. The molecule has 0 aliphatic carbocycles. The molecule has 0 aliphatic heterocycles. The summed E-state index contributed by atoms with van der Waals surface area (Å²) in [6.07, 6.45) is 1.72. The van der Waals surface area contributed by atoms with E-state index in [0.29, 0.717) is 17.1 Å². The van der Waals surface area contributed by atoms with Crippen LogP contribution in [0.5, 0.6) is 0 Å². The second kappa shape index (κ2) is 11.2. The number of carbonyl (C=O) groups excluding carboxylic acids is 1. The molecule has 0 fully saturated rings. The number of aromatic nitrogens is 1. The number of carboxylic acid groups (broad SMARTS) is 1. The molecule has 6 nitrogen and oxygen atoms in total. The molecule has 0 bridgehead atoms. The van der Waals surface area contributed by atoms with Crippen molar-refractivity contribution in [2.75, 3.05) is 10.6 Å². The van der Waals surface area contributed by atoms with Gasteiger partial charge in [-0.25, -0.2) is 4.98 Å². The van der Waals surface area contributed by atoms with Gasteiger partial charge < -0.3 is 15.7 Å². The van der Waals surface area contributed by atoms with E-state index in [9.17, 15) is 14.7 Å². The van der Waals surface area contributed by atoms with Crippen molar-refractivity contribution >= 4 is 40.8 Å². The summed E-state index contributed by atoms with van der Waals surface area (Å²) in [4.78, 5) is 29.3. The minimum absolute atomic E-state index is 0.0239. The van der Waals surface area contributed by atoms with Gasteiger partial charge in [-0.15, -0.1) is 11.8 Å². The van der Waals surface area contributed by atoms with Crippen molar-refractivity contribution < 1.29 is 14.7 Å². The van der Waals surface area contributed by atoms with Crippen molar-refractivity contribution in [2.24, 2.45) is 0 Å². The SMILES string of the molecule is O=C(O)CC(Sc1ccc(NC(=O)c2cccc(Nc3ccccn3)c2)cc1)c1ccccc1. The van der Waals surface area contributed by atoms with Crippen LogP contribution in [0.2, 0.25) is 0 Å². The Morgan fingerprint density at radius 3 is 2.32 bits per heavy atom. The van der Waals surface area contributed by atoms with E-state index < -0.39 is 5.97 Å². The smallest absolute Gasteiger partial charge is 0.304 e. The predicted octanol–water partition coefficient (Wildman–Crippen LogP) is 6.39. The van der Waals surface area contributed by atoms with E-state index in [0.717, 1.165) is 16.1 Å². The molecule has 4 aromatic rings. The van der Waals surface area contributed by atoms with Crippen molar-refractivity contribution in [2.45, 2.75) is 16.6 Å². The lowest BCUT2D eigenvalue weighted by Gasteiger charge is -2.15. The molecule has 1 amide bonds. The zero-order valence-corrected chi connectivity index (χ0v) is 19.0. The van der Waals surface area contributed by atoms with Gasteiger partial charge in [0.05, 0.1) is 6.42 Å². The monoisotopic (exact) mass is 469 g/mol. The zero-order valence-electron chi connectivity index (χ0n) is 18.2. The van der Waals surface area contributed by atoms with E-state index in [1.165, 1.54) is 11.8 Å². The standard InChI is InChI=1S/C27H23N3O3S/c31-26(32)18-24(19-7-2-1-3-8-19)34-23-14-12-21(13-15-23)30-27(33)20-9-6-10-22(17-20)29-25-11-4-5-16-28-25/h1-17,24H,18H2,(H,28,29)(H,30,33)(H,31,32). The maximum Gasteiger partial charge on any atom is 0.304 e. The molecule has 0 saturated heterocycles. The third-order valence-corrected chi connectivity index (χ3v) is 6.25. The van der Waals surface area contributed by atoms with Gasteiger partial charge in [0.15, 0.2) is 0 Å². The van der Waals surface area contributed by atoms with E-state index >= 15 is 0 Å². The van der Waals surface area contributed by atoms with Crippen LogP contribution in [-0.2, 0) is 4.79 Å². The Hall–Kier alpha value is -4.10. The summed E-state index contributed by atoms with van der Waals surface area (Å²) in [7, 11) is 0. The Kier molecular flexibility index (Phi) is 7.57. The fourth-order valence-corrected chi connectivity index (χ4v) is 4.50. The van der Waals surface area contributed by atoms with Crippen molar-refractivity contribution in [3.05, 3.63) is 114 Å². The molecule has 1 heterocycles. The highest BCUT2D eigenvalue weighted by molar-refractivity contribution is 7.99. The Balaban J connectivity index is 1.41. The molecule has 3 N–H and O–H groups in total. The van der Waals surface area contributed by atoms with E-state index in [1.54, 1.807) is 18.3 Å². The number of anilines is 3. The average molecular weight is 470 g/mol. The summed E-state index contributed by atoms with van der Waals surface area (Å²) in [6.45, 7) is 0. The molecule has 0 radical (unpaired) electrons. The number of pyridine rings is 1. The highest BCUT2D eigenvalue weighted by atomic mass is 32.2. The molecular weight excluding hydrogens is 446 g/mol. The van der Waals surface area contributed by atoms with Crippen LogP contribution in [0, 0.1) is 0 Å². The maximum absolute atomic E-state index is 12.8. The van der Waals surface area contributed by atoms with Gasteiger partial charge in [0.2, 0.25) is 0 Å². The fraction of sp³-hybridized carbons (Fsp3) is 0.0741. The quantitative estimate of drug-likeness (QED) is 0.246. The third-order valence-electron chi connectivity index (χ3n) is 4.98. The van der Waals surface area contributed by atoms with Crippen molar-refractivity contribution in [3.63, 3.8) is 0 Å². The first-order valence-corrected chi connectivity index (χ1v) is 11.6. The maximum atomic E-state index is 12.8. The van der Waals surface area contributed by atoms with Gasteiger partial charge in [-0.2, -0.15) is 0 Å². The molecule has 4 rings (SSSR count). The molecule has 7 heteroatoms. The average Bonchev–Trinajstić information content (AvgIpc) is 2.86. The number of hydrogen-bond donors (Lipinski definition) is 3. The summed E-state index contributed by atoms with van der Waals surface area (Å²) < 4.78 is 0. The van der Waals surface area contributed by atoms with Crippen molar-refractivity contribution in [3.8, 4) is 0 Å². The first-order chi connectivity index (χ1) is 16.6. The highest BCUT2D eigenvalue weighted by Crippen LogP contribution is 2.38. The number of thioether (sulfide) groups is 1. The number of aliphatic carboxylic acids is 1.